The van der Waals surface area contributed by atoms with Crippen LogP contribution in [0.2, 0.25) is 0 Å². The van der Waals surface area contributed by atoms with E-state index in [0.29, 0.717) is 5.92 Å². The van der Waals surface area contributed by atoms with Crippen molar-refractivity contribution in [3.63, 3.8) is 0 Å². The lowest BCUT2D eigenvalue weighted by atomic mass is 10.2. The number of nitrogens with zero attached hydrogens (tertiary/aromatic N) is 5. The molecule has 1 amide bonds. The maximum absolute atomic E-state index is 12.1. The number of amides is 1. The van der Waals surface area contributed by atoms with Gasteiger partial charge in [-0.25, -0.2) is 4.68 Å². The lowest BCUT2D eigenvalue weighted by Crippen LogP contribution is -2.32. The maximum atomic E-state index is 12.1. The van der Waals surface area contributed by atoms with Gasteiger partial charge >= 0.3 is 0 Å². The largest absolute Gasteiger partial charge is 0.341 e. The van der Waals surface area contributed by atoms with Gasteiger partial charge in [0.2, 0.25) is 5.91 Å². The van der Waals surface area contributed by atoms with Crippen LogP contribution in [0.5, 0.6) is 0 Å². The predicted molar refractivity (Wildman–Crippen MR) is 79.7 cm³/mol. The summed E-state index contributed by atoms with van der Waals surface area (Å²) in [5.41, 5.74) is 0. The minimum atomic E-state index is 0.0921. The Hall–Kier alpha value is -1.89. The Balaban J connectivity index is 1.45. The fraction of sp³-hybridized carbons (Fsp3) is 0.429. The number of benzene rings is 1. The predicted octanol–water partition coefficient (Wildman–Crippen LogP) is 1.31. The summed E-state index contributed by atoms with van der Waals surface area (Å²) in [6.45, 7) is 1.90. The van der Waals surface area contributed by atoms with Crippen LogP contribution in [0.15, 0.2) is 41.6 Å². The molecule has 7 heteroatoms. The number of carbonyl (C=O) groups excluding carboxylic acids is 1. The summed E-state index contributed by atoms with van der Waals surface area (Å²) >= 11 is 1.86. The van der Waals surface area contributed by atoms with Crippen LogP contribution in [-0.2, 0) is 11.3 Å². The van der Waals surface area contributed by atoms with E-state index in [1.807, 2.05) is 22.7 Å². The van der Waals surface area contributed by atoms with E-state index >= 15 is 0 Å². The van der Waals surface area contributed by atoms with Gasteiger partial charge in [-0.15, -0.1) is 16.9 Å². The van der Waals surface area contributed by atoms with Crippen LogP contribution in [0.25, 0.3) is 0 Å². The molecule has 1 aromatic heterocycles. The van der Waals surface area contributed by atoms with Crippen molar-refractivity contribution in [2.75, 3.05) is 18.8 Å². The van der Waals surface area contributed by atoms with Crippen LogP contribution >= 0.6 is 11.8 Å². The van der Waals surface area contributed by atoms with Crippen molar-refractivity contribution in [1.29, 1.82) is 0 Å². The van der Waals surface area contributed by atoms with Crippen molar-refractivity contribution < 1.29 is 4.79 Å². The third kappa shape index (κ3) is 3.81. The van der Waals surface area contributed by atoms with Gasteiger partial charge in [0.1, 0.15) is 12.9 Å². The lowest BCUT2D eigenvalue weighted by Gasteiger charge is -2.16. The smallest absolute Gasteiger partial charge is 0.244 e. The summed E-state index contributed by atoms with van der Waals surface area (Å²) in [5, 5.41) is 10.8. The molecule has 2 heterocycles. The SMILES string of the molecule is O=C(Cn1cnnn1)N1CCC(CSc2ccccc2)C1. The van der Waals surface area contributed by atoms with Gasteiger partial charge in [0, 0.05) is 23.7 Å². The van der Waals surface area contributed by atoms with E-state index in [1.165, 1.54) is 15.9 Å². The third-order valence-corrected chi connectivity index (χ3v) is 4.80. The Labute approximate surface area is 127 Å². The Bertz CT molecular complexity index is 574. The summed E-state index contributed by atoms with van der Waals surface area (Å²) in [6.07, 6.45) is 2.54. The quantitative estimate of drug-likeness (QED) is 0.779. The first-order chi connectivity index (χ1) is 10.3. The zero-order valence-electron chi connectivity index (χ0n) is 11.6. The summed E-state index contributed by atoms with van der Waals surface area (Å²) < 4.78 is 1.47. The van der Waals surface area contributed by atoms with Crippen LogP contribution in [0, 0.1) is 5.92 Å². The number of carbonyl (C=O) groups is 1. The summed E-state index contributed by atoms with van der Waals surface area (Å²) in [4.78, 5) is 15.3. The first-order valence-corrected chi connectivity index (χ1v) is 7.96. The summed E-state index contributed by atoms with van der Waals surface area (Å²) in [6, 6.07) is 10.4. The second-order valence-electron chi connectivity index (χ2n) is 5.13. The molecule has 6 nitrogen and oxygen atoms in total. The zero-order valence-corrected chi connectivity index (χ0v) is 12.4. The molecule has 3 rings (SSSR count). The van der Waals surface area contributed by atoms with Gasteiger partial charge in [-0.1, -0.05) is 18.2 Å². The second kappa shape index (κ2) is 6.71. The molecule has 1 aliphatic heterocycles. The molecule has 21 heavy (non-hydrogen) atoms. The molecule has 1 fully saturated rings. The third-order valence-electron chi connectivity index (χ3n) is 3.56. The first kappa shape index (κ1) is 14.1. The van der Waals surface area contributed by atoms with Crippen LogP contribution < -0.4 is 0 Å². The molecule has 0 aliphatic carbocycles. The van der Waals surface area contributed by atoms with Gasteiger partial charge in [0.25, 0.3) is 0 Å². The topological polar surface area (TPSA) is 63.9 Å². The average molecular weight is 303 g/mol. The molecule has 110 valence electrons. The molecular weight excluding hydrogens is 286 g/mol. The monoisotopic (exact) mass is 303 g/mol. The van der Waals surface area contributed by atoms with Gasteiger partial charge in [0.05, 0.1) is 0 Å². The molecule has 0 saturated carbocycles. The number of aromatic nitrogens is 4. The van der Waals surface area contributed by atoms with Crippen molar-refractivity contribution in [1.82, 2.24) is 25.1 Å². The molecule has 0 radical (unpaired) electrons. The summed E-state index contributed by atoms with van der Waals surface area (Å²) in [7, 11) is 0. The van der Waals surface area contributed by atoms with Crippen LogP contribution in [0.4, 0.5) is 0 Å². The van der Waals surface area contributed by atoms with Crippen molar-refractivity contribution in [2.45, 2.75) is 17.9 Å². The zero-order chi connectivity index (χ0) is 14.5. The van der Waals surface area contributed by atoms with Gasteiger partial charge < -0.3 is 4.90 Å². The standard InChI is InChI=1S/C14H17N5OS/c20-14(9-19-11-15-16-17-19)18-7-6-12(8-18)10-21-13-4-2-1-3-5-13/h1-5,11-12H,6-10H2. The molecule has 1 aromatic carbocycles. The minimum absolute atomic E-state index is 0.0921. The summed E-state index contributed by atoms with van der Waals surface area (Å²) in [5.74, 6) is 1.71. The van der Waals surface area contributed by atoms with E-state index in [4.69, 9.17) is 0 Å². The van der Waals surface area contributed by atoms with Crippen molar-refractivity contribution in [2.24, 2.45) is 5.92 Å². The van der Waals surface area contributed by atoms with Gasteiger partial charge in [-0.05, 0) is 34.9 Å². The second-order valence-corrected chi connectivity index (χ2v) is 6.22. The first-order valence-electron chi connectivity index (χ1n) is 6.97. The number of rotatable bonds is 5. The van der Waals surface area contributed by atoms with E-state index in [1.54, 1.807) is 0 Å². The van der Waals surface area contributed by atoms with Gasteiger partial charge in [0.15, 0.2) is 0 Å². The molecular formula is C14H17N5OS. The maximum Gasteiger partial charge on any atom is 0.244 e. The molecule has 2 aromatic rings. The molecule has 1 atom stereocenters. The number of hydrogen-bond acceptors (Lipinski definition) is 5. The Kier molecular flexibility index (Phi) is 4.49. The highest BCUT2D eigenvalue weighted by Gasteiger charge is 2.26. The Morgan fingerprint density at radius 2 is 2.19 bits per heavy atom. The highest BCUT2D eigenvalue weighted by atomic mass is 32.2. The fourth-order valence-corrected chi connectivity index (χ4v) is 3.47. The number of hydrogen-bond donors (Lipinski definition) is 0. The molecule has 1 saturated heterocycles. The lowest BCUT2D eigenvalue weighted by molar-refractivity contribution is -0.131. The fourth-order valence-electron chi connectivity index (χ4n) is 2.42. The van der Waals surface area contributed by atoms with Gasteiger partial charge in [-0.2, -0.15) is 0 Å². The molecule has 0 spiro atoms. The average Bonchev–Trinajstić information content (AvgIpc) is 3.17. The molecule has 0 bridgehead atoms. The number of likely N-dealkylation sites (tertiary alicyclic amines) is 1. The molecule has 0 N–H and O–H groups in total. The highest BCUT2D eigenvalue weighted by Crippen LogP contribution is 2.25. The normalized spacial score (nSPS) is 18.1. The van der Waals surface area contributed by atoms with Crippen molar-refractivity contribution in [3.8, 4) is 0 Å². The van der Waals surface area contributed by atoms with Crippen LogP contribution in [0.1, 0.15) is 6.42 Å². The van der Waals surface area contributed by atoms with E-state index in [0.717, 1.165) is 25.3 Å². The molecule has 1 aliphatic rings. The van der Waals surface area contributed by atoms with E-state index in [2.05, 4.69) is 39.8 Å². The Morgan fingerprint density at radius 1 is 1.33 bits per heavy atom. The van der Waals surface area contributed by atoms with Crippen molar-refractivity contribution >= 4 is 17.7 Å². The number of thioether (sulfide) groups is 1. The van der Waals surface area contributed by atoms with Crippen LogP contribution in [0.3, 0.4) is 0 Å². The van der Waals surface area contributed by atoms with E-state index in [9.17, 15) is 4.79 Å². The van der Waals surface area contributed by atoms with E-state index < -0.39 is 0 Å². The van der Waals surface area contributed by atoms with Crippen LogP contribution in [-0.4, -0.2) is 49.9 Å². The molecule has 1 unspecified atom stereocenters. The minimum Gasteiger partial charge on any atom is -0.341 e. The van der Waals surface area contributed by atoms with E-state index in [-0.39, 0.29) is 12.5 Å². The Morgan fingerprint density at radius 3 is 2.95 bits per heavy atom. The highest BCUT2D eigenvalue weighted by molar-refractivity contribution is 7.99. The van der Waals surface area contributed by atoms with Crippen molar-refractivity contribution in [3.05, 3.63) is 36.7 Å². The number of tetrazole rings is 1. The van der Waals surface area contributed by atoms with Gasteiger partial charge in [-0.3, -0.25) is 4.79 Å².